The third kappa shape index (κ3) is 2.61. The van der Waals surface area contributed by atoms with Gasteiger partial charge in [-0.3, -0.25) is 4.79 Å². The number of carbonyl (C=O) groups excluding carboxylic acids is 1. The third-order valence-electron chi connectivity index (χ3n) is 2.97. The van der Waals surface area contributed by atoms with E-state index < -0.39 is 0 Å². The van der Waals surface area contributed by atoms with E-state index in [0.29, 0.717) is 5.75 Å². The van der Waals surface area contributed by atoms with Crippen LogP contribution in [0.4, 0.5) is 11.4 Å². The zero-order valence-corrected chi connectivity index (χ0v) is 11.3. The molecule has 0 fully saturated rings. The van der Waals surface area contributed by atoms with E-state index in [1.54, 1.807) is 18.0 Å². The fourth-order valence-electron chi connectivity index (χ4n) is 2.03. The van der Waals surface area contributed by atoms with Crippen LogP contribution in [0.5, 0.6) is 0 Å². The zero-order valence-electron chi connectivity index (χ0n) is 10.5. The summed E-state index contributed by atoms with van der Waals surface area (Å²) in [7, 11) is 0. The summed E-state index contributed by atoms with van der Waals surface area (Å²) in [6, 6.07) is 9.89. The van der Waals surface area contributed by atoms with Gasteiger partial charge in [-0.2, -0.15) is 0 Å². The van der Waals surface area contributed by atoms with Gasteiger partial charge in [0.1, 0.15) is 5.76 Å². The van der Waals surface area contributed by atoms with Crippen molar-refractivity contribution in [3.63, 3.8) is 0 Å². The molecule has 2 heterocycles. The van der Waals surface area contributed by atoms with Gasteiger partial charge in [-0.05, 0) is 37.3 Å². The maximum Gasteiger partial charge on any atom is 0.234 e. The maximum atomic E-state index is 11.4. The van der Waals surface area contributed by atoms with Gasteiger partial charge in [0.05, 0.1) is 23.7 Å². The minimum atomic E-state index is 0.0498. The summed E-state index contributed by atoms with van der Waals surface area (Å²) in [4.78, 5) is 12.5. The number of fused-ring (bicyclic) bond motifs is 1. The first-order valence-corrected chi connectivity index (χ1v) is 7.07. The van der Waals surface area contributed by atoms with Crippen LogP contribution in [-0.4, -0.2) is 11.7 Å². The fraction of sp³-hybridized carbons (Fsp3) is 0.214. The van der Waals surface area contributed by atoms with Gasteiger partial charge in [0.15, 0.2) is 0 Å². The van der Waals surface area contributed by atoms with Gasteiger partial charge >= 0.3 is 0 Å². The summed E-state index contributed by atoms with van der Waals surface area (Å²) in [5, 5.41) is 6.24. The molecule has 0 bridgehead atoms. The van der Waals surface area contributed by atoms with Crippen LogP contribution in [-0.2, 0) is 4.79 Å². The van der Waals surface area contributed by atoms with Gasteiger partial charge in [-0.1, -0.05) is 0 Å². The Morgan fingerprint density at radius 1 is 1.42 bits per heavy atom. The van der Waals surface area contributed by atoms with Crippen molar-refractivity contribution >= 4 is 29.0 Å². The molecule has 19 heavy (non-hydrogen) atoms. The number of hydrogen-bond donors (Lipinski definition) is 2. The van der Waals surface area contributed by atoms with E-state index in [1.165, 1.54) is 0 Å². The Morgan fingerprint density at radius 2 is 2.32 bits per heavy atom. The van der Waals surface area contributed by atoms with Gasteiger partial charge in [0.25, 0.3) is 0 Å². The Hall–Kier alpha value is -1.88. The second-order valence-corrected chi connectivity index (χ2v) is 5.45. The van der Waals surface area contributed by atoms with E-state index in [-0.39, 0.29) is 11.9 Å². The molecule has 1 aromatic carbocycles. The molecule has 1 aliphatic heterocycles. The molecule has 2 aromatic rings. The predicted octanol–water partition coefficient (Wildman–Crippen LogP) is 3.50. The fourth-order valence-corrected chi connectivity index (χ4v) is 2.82. The molecule has 1 unspecified atom stereocenters. The van der Waals surface area contributed by atoms with Crippen molar-refractivity contribution in [1.82, 2.24) is 0 Å². The average molecular weight is 274 g/mol. The molecule has 4 nitrogen and oxygen atoms in total. The minimum absolute atomic E-state index is 0.0498. The van der Waals surface area contributed by atoms with Gasteiger partial charge < -0.3 is 15.1 Å². The highest BCUT2D eigenvalue weighted by atomic mass is 32.2. The van der Waals surface area contributed by atoms with Crippen LogP contribution in [0.25, 0.3) is 0 Å². The van der Waals surface area contributed by atoms with Gasteiger partial charge in [-0.15, -0.1) is 11.8 Å². The van der Waals surface area contributed by atoms with Crippen LogP contribution in [0.1, 0.15) is 18.7 Å². The summed E-state index contributed by atoms with van der Waals surface area (Å²) in [5.41, 5.74) is 1.84. The van der Waals surface area contributed by atoms with E-state index in [0.717, 1.165) is 22.0 Å². The SMILES string of the molecule is CC(Nc1ccc2c(c1)NC(=O)CS2)c1ccco1. The lowest BCUT2D eigenvalue weighted by Gasteiger charge is -2.19. The van der Waals surface area contributed by atoms with Crippen molar-refractivity contribution in [2.24, 2.45) is 0 Å². The summed E-state index contributed by atoms with van der Waals surface area (Å²) in [6.45, 7) is 2.03. The zero-order chi connectivity index (χ0) is 13.2. The summed E-state index contributed by atoms with van der Waals surface area (Å²) >= 11 is 1.56. The van der Waals surface area contributed by atoms with Gasteiger partial charge in [0.2, 0.25) is 5.91 Å². The second-order valence-electron chi connectivity index (χ2n) is 4.43. The molecule has 1 amide bonds. The van der Waals surface area contributed by atoms with Crippen LogP contribution in [0.2, 0.25) is 0 Å². The molecule has 98 valence electrons. The van der Waals surface area contributed by atoms with E-state index in [4.69, 9.17) is 4.42 Å². The highest BCUT2D eigenvalue weighted by molar-refractivity contribution is 8.00. The van der Waals surface area contributed by atoms with E-state index in [2.05, 4.69) is 10.6 Å². The third-order valence-corrected chi connectivity index (χ3v) is 4.04. The molecular weight excluding hydrogens is 260 g/mol. The van der Waals surface area contributed by atoms with Crippen molar-refractivity contribution in [3.05, 3.63) is 42.4 Å². The molecule has 3 rings (SSSR count). The van der Waals surface area contributed by atoms with Crippen molar-refractivity contribution < 1.29 is 9.21 Å². The number of anilines is 2. The molecule has 0 spiro atoms. The standard InChI is InChI=1S/C14H14N2O2S/c1-9(12-3-2-6-18-12)15-10-4-5-13-11(7-10)16-14(17)8-19-13/h2-7,9,15H,8H2,1H3,(H,16,17). The topological polar surface area (TPSA) is 54.3 Å². The molecule has 0 radical (unpaired) electrons. The van der Waals surface area contributed by atoms with Crippen molar-refractivity contribution in [2.45, 2.75) is 17.9 Å². The molecule has 5 heteroatoms. The lowest BCUT2D eigenvalue weighted by Crippen LogP contribution is -2.18. The molecule has 0 saturated carbocycles. The Labute approximate surface area is 115 Å². The number of hydrogen-bond acceptors (Lipinski definition) is 4. The molecule has 0 saturated heterocycles. The molecule has 1 atom stereocenters. The Kier molecular flexibility index (Phi) is 3.21. The first kappa shape index (κ1) is 12.2. The normalized spacial score (nSPS) is 15.5. The summed E-state index contributed by atoms with van der Waals surface area (Å²) < 4.78 is 5.36. The number of furan rings is 1. The monoisotopic (exact) mass is 274 g/mol. The van der Waals surface area contributed by atoms with E-state index in [9.17, 15) is 4.79 Å². The lowest BCUT2D eigenvalue weighted by atomic mass is 10.2. The second kappa shape index (κ2) is 5.01. The Bertz CT molecular complexity index is 595. The number of nitrogens with one attached hydrogen (secondary N) is 2. The number of rotatable bonds is 3. The minimum Gasteiger partial charge on any atom is -0.467 e. The van der Waals surface area contributed by atoms with Crippen LogP contribution in [0, 0.1) is 0 Å². The van der Waals surface area contributed by atoms with Gasteiger partial charge in [0, 0.05) is 10.6 Å². The first-order valence-electron chi connectivity index (χ1n) is 6.09. The van der Waals surface area contributed by atoms with Crippen LogP contribution < -0.4 is 10.6 Å². The highest BCUT2D eigenvalue weighted by Gasteiger charge is 2.16. The summed E-state index contributed by atoms with van der Waals surface area (Å²) in [5.74, 6) is 1.42. The number of thioether (sulfide) groups is 1. The molecule has 2 N–H and O–H groups in total. The molecule has 0 aliphatic carbocycles. The van der Waals surface area contributed by atoms with Crippen LogP contribution >= 0.6 is 11.8 Å². The summed E-state index contributed by atoms with van der Waals surface area (Å²) in [6.07, 6.45) is 1.66. The predicted molar refractivity (Wildman–Crippen MR) is 76.5 cm³/mol. The van der Waals surface area contributed by atoms with Crippen molar-refractivity contribution in [3.8, 4) is 0 Å². The van der Waals surface area contributed by atoms with Crippen molar-refractivity contribution in [2.75, 3.05) is 16.4 Å². The molecular formula is C14H14N2O2S. The smallest absolute Gasteiger partial charge is 0.234 e. The number of amides is 1. The average Bonchev–Trinajstić information content (AvgIpc) is 2.92. The van der Waals surface area contributed by atoms with E-state index in [1.807, 2.05) is 37.3 Å². The quantitative estimate of drug-likeness (QED) is 0.899. The lowest BCUT2D eigenvalue weighted by molar-refractivity contribution is -0.113. The van der Waals surface area contributed by atoms with E-state index >= 15 is 0 Å². The molecule has 1 aliphatic rings. The van der Waals surface area contributed by atoms with Gasteiger partial charge in [-0.25, -0.2) is 0 Å². The van der Waals surface area contributed by atoms with Crippen LogP contribution in [0.3, 0.4) is 0 Å². The maximum absolute atomic E-state index is 11.4. The number of carbonyl (C=O) groups is 1. The van der Waals surface area contributed by atoms with Crippen LogP contribution in [0.15, 0.2) is 45.9 Å². The molecule has 1 aromatic heterocycles. The Morgan fingerprint density at radius 3 is 3.11 bits per heavy atom. The largest absolute Gasteiger partial charge is 0.467 e. The first-order chi connectivity index (χ1) is 9.22. The highest BCUT2D eigenvalue weighted by Crippen LogP contribution is 2.34. The Balaban J connectivity index is 1.79. The van der Waals surface area contributed by atoms with Crippen molar-refractivity contribution in [1.29, 1.82) is 0 Å². The number of benzene rings is 1.